The summed E-state index contributed by atoms with van der Waals surface area (Å²) >= 11 is 0. The second kappa shape index (κ2) is 6.04. The van der Waals surface area contributed by atoms with Crippen LogP contribution in [0.5, 0.6) is 0 Å². The summed E-state index contributed by atoms with van der Waals surface area (Å²) in [4.78, 5) is 9.73. The quantitative estimate of drug-likeness (QED) is 0.687. The summed E-state index contributed by atoms with van der Waals surface area (Å²) in [5.41, 5.74) is 1.66. The molecule has 104 valence electrons. The summed E-state index contributed by atoms with van der Waals surface area (Å²) < 4.78 is 11.8. The first-order valence-corrected chi connectivity index (χ1v) is 7.98. The Balaban J connectivity index is 2.06. The van der Waals surface area contributed by atoms with E-state index in [2.05, 4.69) is 5.32 Å². The van der Waals surface area contributed by atoms with E-state index in [1.165, 1.54) is 0 Å². The molecule has 21 heavy (non-hydrogen) atoms. The maximum atomic E-state index is 11.8. The van der Waals surface area contributed by atoms with Crippen LogP contribution in [0.15, 0.2) is 72.8 Å². The number of fused-ring (bicyclic) bond motifs is 1. The smallest absolute Gasteiger partial charge is 0.336 e. The molecule has 0 aliphatic rings. The second-order valence-corrected chi connectivity index (χ2v) is 5.91. The first kappa shape index (κ1) is 13.7. The molecule has 0 saturated carbocycles. The number of benzene rings is 3. The molecule has 2 unspecified atom stereocenters. The van der Waals surface area contributed by atoms with Crippen molar-refractivity contribution in [3.8, 4) is 0 Å². The van der Waals surface area contributed by atoms with E-state index in [4.69, 9.17) is 0 Å². The fourth-order valence-electron chi connectivity index (χ4n) is 2.43. The van der Waals surface area contributed by atoms with Crippen molar-refractivity contribution in [2.75, 3.05) is 5.32 Å². The average Bonchev–Trinajstić information content (AvgIpc) is 2.53. The summed E-state index contributed by atoms with van der Waals surface area (Å²) in [6, 6.07) is 23.2. The van der Waals surface area contributed by atoms with Crippen LogP contribution in [-0.4, -0.2) is 4.89 Å². The monoisotopic (exact) mass is 296 g/mol. The Bertz CT molecular complexity index is 769. The molecule has 4 heteroatoms. The van der Waals surface area contributed by atoms with Gasteiger partial charge in [-0.3, -0.25) is 0 Å². The molecule has 0 saturated heterocycles. The topological polar surface area (TPSA) is 49.3 Å². The van der Waals surface area contributed by atoms with Crippen LogP contribution in [0.1, 0.15) is 11.3 Å². The Kier molecular flexibility index (Phi) is 3.96. The van der Waals surface area contributed by atoms with Crippen LogP contribution >= 0.6 is 8.03 Å². The Morgan fingerprint density at radius 3 is 2.29 bits per heavy atom. The molecule has 0 aliphatic heterocycles. The van der Waals surface area contributed by atoms with Crippen LogP contribution in [0.4, 0.5) is 5.69 Å². The first-order valence-electron chi connectivity index (χ1n) is 6.70. The van der Waals surface area contributed by atoms with E-state index in [-0.39, 0.29) is 0 Å². The SMILES string of the molecule is O=[P+](O)C(Nc1ccccc1)c1cccc2ccccc12. The molecule has 0 aliphatic carbocycles. The Labute approximate surface area is 124 Å². The predicted octanol–water partition coefficient (Wildman–Crippen LogP) is 4.69. The first-order chi connectivity index (χ1) is 10.3. The normalized spacial score (nSPS) is 12.9. The van der Waals surface area contributed by atoms with E-state index in [9.17, 15) is 9.46 Å². The van der Waals surface area contributed by atoms with E-state index in [0.29, 0.717) is 0 Å². The molecule has 3 nitrogen and oxygen atoms in total. The average molecular weight is 296 g/mol. The minimum absolute atomic E-state index is 0.631. The van der Waals surface area contributed by atoms with Crippen LogP contribution < -0.4 is 5.32 Å². The molecular formula is C17H15NO2P+. The summed E-state index contributed by atoms with van der Waals surface area (Å²) in [6.45, 7) is 0. The number of rotatable bonds is 4. The van der Waals surface area contributed by atoms with Crippen molar-refractivity contribution in [2.45, 2.75) is 5.78 Å². The highest BCUT2D eigenvalue weighted by Gasteiger charge is 2.32. The molecule has 0 spiro atoms. The van der Waals surface area contributed by atoms with Crippen LogP contribution in [0.2, 0.25) is 0 Å². The minimum atomic E-state index is -2.40. The summed E-state index contributed by atoms with van der Waals surface area (Å²) in [7, 11) is -2.40. The van der Waals surface area contributed by atoms with E-state index < -0.39 is 13.8 Å². The molecule has 3 aromatic rings. The van der Waals surface area contributed by atoms with E-state index in [1.807, 2.05) is 72.8 Å². The second-order valence-electron chi connectivity index (χ2n) is 4.78. The third kappa shape index (κ3) is 2.94. The highest BCUT2D eigenvalue weighted by molar-refractivity contribution is 7.38. The van der Waals surface area contributed by atoms with Crippen molar-refractivity contribution in [1.29, 1.82) is 0 Å². The molecule has 2 N–H and O–H groups in total. The van der Waals surface area contributed by atoms with Crippen LogP contribution in [0, 0.1) is 0 Å². The summed E-state index contributed by atoms with van der Waals surface area (Å²) in [6.07, 6.45) is 0. The Hall–Kier alpha value is -2.22. The van der Waals surface area contributed by atoms with Gasteiger partial charge in [0.25, 0.3) is 5.78 Å². The zero-order valence-electron chi connectivity index (χ0n) is 11.3. The fraction of sp³-hybridized carbons (Fsp3) is 0.0588. The van der Waals surface area contributed by atoms with Crippen molar-refractivity contribution >= 4 is 24.5 Å². The van der Waals surface area contributed by atoms with Crippen molar-refractivity contribution < 1.29 is 9.46 Å². The number of nitrogens with one attached hydrogen (secondary N) is 1. The van der Waals surface area contributed by atoms with Crippen molar-refractivity contribution in [1.82, 2.24) is 0 Å². The largest absolute Gasteiger partial charge is 0.535 e. The van der Waals surface area contributed by atoms with Gasteiger partial charge < -0.3 is 5.32 Å². The molecule has 0 bridgehead atoms. The van der Waals surface area contributed by atoms with Crippen LogP contribution in [-0.2, 0) is 4.57 Å². The van der Waals surface area contributed by atoms with Crippen molar-refractivity contribution in [3.63, 3.8) is 0 Å². The third-order valence-corrected chi connectivity index (χ3v) is 4.27. The van der Waals surface area contributed by atoms with E-state index >= 15 is 0 Å². The molecule has 0 amide bonds. The summed E-state index contributed by atoms with van der Waals surface area (Å²) in [5, 5.41) is 5.21. The van der Waals surface area contributed by atoms with Gasteiger partial charge in [0, 0.05) is 11.3 Å². The number of hydrogen-bond donors (Lipinski definition) is 2. The maximum Gasteiger partial charge on any atom is 0.535 e. The number of para-hydroxylation sites is 1. The minimum Gasteiger partial charge on any atom is -0.336 e. The van der Waals surface area contributed by atoms with Gasteiger partial charge in [-0.25, -0.2) is 0 Å². The lowest BCUT2D eigenvalue weighted by Crippen LogP contribution is -2.07. The zero-order chi connectivity index (χ0) is 14.7. The highest BCUT2D eigenvalue weighted by Crippen LogP contribution is 2.40. The van der Waals surface area contributed by atoms with Gasteiger partial charge >= 0.3 is 8.03 Å². The standard InChI is InChI=1S/C17H14NO2P/c19-21(20)17(18-14-9-2-1-3-10-14)16-12-6-8-13-7-4-5-11-15(13)16/h1-12,17-18H/p+1. The molecular weight excluding hydrogens is 281 g/mol. The zero-order valence-corrected chi connectivity index (χ0v) is 12.2. The molecule has 3 rings (SSSR count). The lowest BCUT2D eigenvalue weighted by atomic mass is 10.0. The molecule has 0 fully saturated rings. The van der Waals surface area contributed by atoms with E-state index in [0.717, 1.165) is 22.0 Å². The lowest BCUT2D eigenvalue weighted by molar-refractivity contribution is 0.495. The van der Waals surface area contributed by atoms with Crippen LogP contribution in [0.3, 0.4) is 0 Å². The number of hydrogen-bond acceptors (Lipinski definition) is 2. The fourth-order valence-corrected chi connectivity index (χ4v) is 3.16. The van der Waals surface area contributed by atoms with Gasteiger partial charge in [-0.1, -0.05) is 60.7 Å². The summed E-state index contributed by atoms with van der Waals surface area (Å²) in [5.74, 6) is -0.631. The van der Waals surface area contributed by atoms with E-state index in [1.54, 1.807) is 0 Å². The van der Waals surface area contributed by atoms with Gasteiger partial charge in [-0.15, -0.1) is 0 Å². The van der Waals surface area contributed by atoms with Crippen LogP contribution in [0.25, 0.3) is 10.8 Å². The molecule has 2 atom stereocenters. The van der Waals surface area contributed by atoms with Gasteiger partial charge in [-0.05, 0) is 27.5 Å². The highest BCUT2D eigenvalue weighted by atomic mass is 31.1. The van der Waals surface area contributed by atoms with Gasteiger partial charge in [0.15, 0.2) is 0 Å². The predicted molar refractivity (Wildman–Crippen MR) is 86.6 cm³/mol. The number of anilines is 1. The molecule has 3 aromatic carbocycles. The van der Waals surface area contributed by atoms with Gasteiger partial charge in [0.1, 0.15) is 0 Å². The van der Waals surface area contributed by atoms with Gasteiger partial charge in [-0.2, -0.15) is 4.89 Å². The molecule has 0 heterocycles. The Morgan fingerprint density at radius 1 is 0.857 bits per heavy atom. The maximum absolute atomic E-state index is 11.8. The Morgan fingerprint density at radius 2 is 1.52 bits per heavy atom. The lowest BCUT2D eigenvalue weighted by Gasteiger charge is -2.12. The molecule has 0 aromatic heterocycles. The van der Waals surface area contributed by atoms with Gasteiger partial charge in [0.05, 0.1) is 0 Å². The van der Waals surface area contributed by atoms with Gasteiger partial charge in [0.2, 0.25) is 0 Å². The van der Waals surface area contributed by atoms with Crippen molar-refractivity contribution in [2.24, 2.45) is 0 Å². The third-order valence-electron chi connectivity index (χ3n) is 3.42. The van der Waals surface area contributed by atoms with Crippen molar-refractivity contribution in [3.05, 3.63) is 78.4 Å². The molecule has 0 radical (unpaired) electrons.